The lowest BCUT2D eigenvalue weighted by Crippen LogP contribution is -1.97. The first-order valence-electron chi connectivity index (χ1n) is 6.52. The molecule has 0 aliphatic heterocycles. The maximum Gasteiger partial charge on any atom is -0.00167 e. The molecule has 0 aliphatic carbocycles. The molecule has 93 valence electrons. The minimum Gasteiger partial charge on any atom is -0.0588 e. The monoisotopic (exact) mass is 237 g/mol. The van der Waals surface area contributed by atoms with Crippen LogP contribution in [0.2, 0.25) is 0 Å². The van der Waals surface area contributed by atoms with Crippen molar-refractivity contribution in [3.8, 4) is 0 Å². The van der Waals surface area contributed by atoms with Gasteiger partial charge in [-0.15, -0.1) is 0 Å². The van der Waals surface area contributed by atoms with E-state index in [0.717, 1.165) is 6.42 Å². The maximum absolute atomic E-state index is 3.46. The van der Waals surface area contributed by atoms with Gasteiger partial charge in [-0.05, 0) is 80.5 Å². The van der Waals surface area contributed by atoms with Gasteiger partial charge in [0.25, 0.3) is 0 Å². The number of benzene rings is 2. The fraction of sp³-hybridized carbons (Fsp3) is 0.333. The molecule has 0 bridgehead atoms. The molecule has 0 aliphatic rings. The van der Waals surface area contributed by atoms with E-state index in [1.807, 2.05) is 0 Å². The minimum atomic E-state index is 0.982. The van der Waals surface area contributed by atoms with Crippen LogP contribution in [0.4, 0.5) is 0 Å². The third-order valence-corrected chi connectivity index (χ3v) is 3.75. The van der Waals surface area contributed by atoms with Crippen molar-refractivity contribution < 1.29 is 0 Å². The number of hydrogen-bond donors (Lipinski definition) is 0. The zero-order valence-corrected chi connectivity index (χ0v) is 12.0. The zero-order valence-electron chi connectivity index (χ0n) is 12.0. The van der Waals surface area contributed by atoms with Gasteiger partial charge in [-0.25, -0.2) is 0 Å². The molecule has 0 spiro atoms. The van der Waals surface area contributed by atoms with Crippen molar-refractivity contribution in [2.24, 2.45) is 0 Å². The van der Waals surface area contributed by atoms with E-state index in [4.69, 9.17) is 0 Å². The fourth-order valence-corrected chi connectivity index (χ4v) is 2.49. The summed E-state index contributed by atoms with van der Waals surface area (Å²) in [5.41, 5.74) is 9.47. The third kappa shape index (κ3) is 2.64. The average molecular weight is 237 g/mol. The van der Waals surface area contributed by atoms with Gasteiger partial charge in [-0.2, -0.15) is 0 Å². The fourth-order valence-electron chi connectivity index (χ4n) is 2.49. The first kappa shape index (κ1) is 12.9. The molecule has 0 heterocycles. The van der Waals surface area contributed by atoms with Gasteiger partial charge >= 0.3 is 0 Å². The Morgan fingerprint density at radius 2 is 1.61 bits per heavy atom. The molecule has 0 saturated carbocycles. The molecule has 0 amide bonds. The van der Waals surface area contributed by atoms with E-state index < -0.39 is 0 Å². The van der Waals surface area contributed by atoms with Crippen LogP contribution in [-0.4, -0.2) is 0 Å². The second-order valence-corrected chi connectivity index (χ2v) is 5.33. The van der Waals surface area contributed by atoms with Crippen molar-refractivity contribution in [3.05, 3.63) is 69.3 Å². The lowest BCUT2D eigenvalue weighted by atomic mass is 9.93. The van der Waals surface area contributed by atoms with Crippen LogP contribution in [0.5, 0.6) is 0 Å². The highest BCUT2D eigenvalue weighted by Crippen LogP contribution is 2.20. The van der Waals surface area contributed by atoms with Crippen LogP contribution in [0.1, 0.15) is 38.9 Å². The van der Waals surface area contributed by atoms with Crippen molar-refractivity contribution in [1.29, 1.82) is 0 Å². The zero-order chi connectivity index (χ0) is 13.3. The third-order valence-electron chi connectivity index (χ3n) is 3.75. The summed E-state index contributed by atoms with van der Waals surface area (Å²) in [6, 6.07) is 12.3. The Bertz CT molecular complexity index is 557. The van der Waals surface area contributed by atoms with Crippen LogP contribution < -0.4 is 0 Å². The predicted molar refractivity (Wildman–Crippen MR) is 78.2 cm³/mol. The molecule has 0 N–H and O–H groups in total. The van der Waals surface area contributed by atoms with Crippen molar-refractivity contribution in [1.82, 2.24) is 0 Å². The molecular formula is C18H21. The molecule has 2 aromatic rings. The van der Waals surface area contributed by atoms with E-state index in [1.54, 1.807) is 0 Å². The van der Waals surface area contributed by atoms with Gasteiger partial charge in [0.1, 0.15) is 0 Å². The molecule has 1 radical (unpaired) electrons. The van der Waals surface area contributed by atoms with Crippen molar-refractivity contribution in [2.45, 2.75) is 41.0 Å². The standard InChI is InChI=1S/C18H21/c1-12-8-13(2)10-17(9-12)11-18-7-6-14(3)15(4)16(18)5/h6-9H,11H2,1-5H3. The van der Waals surface area contributed by atoms with E-state index in [9.17, 15) is 0 Å². The molecule has 0 fully saturated rings. The minimum absolute atomic E-state index is 0.982. The molecule has 2 rings (SSSR count). The maximum atomic E-state index is 3.46. The lowest BCUT2D eigenvalue weighted by Gasteiger charge is -2.12. The quantitative estimate of drug-likeness (QED) is 0.715. The molecule has 0 unspecified atom stereocenters. The van der Waals surface area contributed by atoms with Gasteiger partial charge in [-0.3, -0.25) is 0 Å². The summed E-state index contributed by atoms with van der Waals surface area (Å²) in [7, 11) is 0. The first-order chi connectivity index (χ1) is 8.47. The van der Waals surface area contributed by atoms with Crippen molar-refractivity contribution in [2.75, 3.05) is 0 Å². The summed E-state index contributed by atoms with van der Waals surface area (Å²) in [5.74, 6) is 0. The van der Waals surface area contributed by atoms with Gasteiger partial charge in [0, 0.05) is 0 Å². The molecule has 0 nitrogen and oxygen atoms in total. The average Bonchev–Trinajstić information content (AvgIpc) is 2.29. The normalized spacial score (nSPS) is 10.7. The SMILES string of the molecule is Cc1[c]c(Cc2ccc(C)c(C)c2C)cc(C)c1. The van der Waals surface area contributed by atoms with Crippen LogP contribution in [0.25, 0.3) is 0 Å². The molecule has 0 saturated heterocycles. The number of hydrogen-bond acceptors (Lipinski definition) is 0. The highest BCUT2D eigenvalue weighted by atomic mass is 14.1. The van der Waals surface area contributed by atoms with E-state index in [-0.39, 0.29) is 0 Å². The molecule has 0 atom stereocenters. The first-order valence-corrected chi connectivity index (χ1v) is 6.52. The van der Waals surface area contributed by atoms with Crippen LogP contribution in [0, 0.1) is 40.7 Å². The van der Waals surface area contributed by atoms with Crippen LogP contribution in [0.15, 0.2) is 24.3 Å². The smallest absolute Gasteiger partial charge is 0.00167 e. The Morgan fingerprint density at radius 3 is 2.28 bits per heavy atom. The largest absolute Gasteiger partial charge is 0.0588 e. The predicted octanol–water partition coefficient (Wildman–Crippen LogP) is 4.62. The summed E-state index contributed by atoms with van der Waals surface area (Å²) in [5, 5.41) is 0. The van der Waals surface area contributed by atoms with E-state index >= 15 is 0 Å². The number of aryl methyl sites for hydroxylation is 3. The Hall–Kier alpha value is -1.56. The molecule has 0 heteroatoms. The van der Waals surface area contributed by atoms with Crippen LogP contribution in [-0.2, 0) is 6.42 Å². The van der Waals surface area contributed by atoms with E-state index in [1.165, 1.54) is 38.9 Å². The lowest BCUT2D eigenvalue weighted by molar-refractivity contribution is 1.11. The highest BCUT2D eigenvalue weighted by molar-refractivity contribution is 5.41. The van der Waals surface area contributed by atoms with Crippen LogP contribution >= 0.6 is 0 Å². The Balaban J connectivity index is 2.37. The Labute approximate surface area is 111 Å². The summed E-state index contributed by atoms with van der Waals surface area (Å²) < 4.78 is 0. The van der Waals surface area contributed by atoms with Gasteiger partial charge in [0.15, 0.2) is 0 Å². The van der Waals surface area contributed by atoms with E-state index in [0.29, 0.717) is 0 Å². The molecular weight excluding hydrogens is 216 g/mol. The Kier molecular flexibility index (Phi) is 3.56. The topological polar surface area (TPSA) is 0 Å². The molecule has 18 heavy (non-hydrogen) atoms. The van der Waals surface area contributed by atoms with Gasteiger partial charge < -0.3 is 0 Å². The van der Waals surface area contributed by atoms with Crippen molar-refractivity contribution >= 4 is 0 Å². The van der Waals surface area contributed by atoms with E-state index in [2.05, 4.69) is 65.0 Å². The van der Waals surface area contributed by atoms with Crippen LogP contribution in [0.3, 0.4) is 0 Å². The molecule has 2 aromatic carbocycles. The molecule has 0 aromatic heterocycles. The second-order valence-electron chi connectivity index (χ2n) is 5.33. The Morgan fingerprint density at radius 1 is 0.889 bits per heavy atom. The van der Waals surface area contributed by atoms with Gasteiger partial charge in [0.2, 0.25) is 0 Å². The summed E-state index contributed by atoms with van der Waals surface area (Å²) >= 11 is 0. The number of rotatable bonds is 2. The highest BCUT2D eigenvalue weighted by Gasteiger charge is 2.05. The summed E-state index contributed by atoms with van der Waals surface area (Å²) in [6.07, 6.45) is 0.982. The van der Waals surface area contributed by atoms with Gasteiger partial charge in [-0.1, -0.05) is 29.8 Å². The second kappa shape index (κ2) is 4.97. The summed E-state index contributed by atoms with van der Waals surface area (Å²) in [4.78, 5) is 0. The summed E-state index contributed by atoms with van der Waals surface area (Å²) in [6.45, 7) is 10.9. The van der Waals surface area contributed by atoms with Gasteiger partial charge in [0.05, 0.1) is 0 Å². The van der Waals surface area contributed by atoms with Crippen molar-refractivity contribution in [3.63, 3.8) is 0 Å².